The number of fused-ring (bicyclic) bond motifs is 1. The lowest BCUT2D eigenvalue weighted by molar-refractivity contribution is -0.277. The minimum absolute atomic E-state index is 0.0762. The topological polar surface area (TPSA) is 229 Å². The Bertz CT molecular complexity index is 1420. The molecular formula is C27H30O14. The van der Waals surface area contributed by atoms with E-state index in [-0.39, 0.29) is 28.2 Å². The third kappa shape index (κ3) is 5.61. The molecule has 8 N–H and O–H groups in total. The average Bonchev–Trinajstić information content (AvgIpc) is 2.95. The second-order valence-electron chi connectivity index (χ2n) is 9.93. The Balaban J connectivity index is 1.38. The van der Waals surface area contributed by atoms with Crippen molar-refractivity contribution in [2.45, 2.75) is 68.3 Å². The first-order valence-electron chi connectivity index (χ1n) is 12.7. The van der Waals surface area contributed by atoms with Gasteiger partial charge < -0.3 is 64.2 Å². The Morgan fingerprint density at radius 2 is 1.37 bits per heavy atom. The molecule has 41 heavy (non-hydrogen) atoms. The minimum atomic E-state index is -1.69. The number of rotatable bonds is 6. The maximum atomic E-state index is 12.8. The van der Waals surface area contributed by atoms with Crippen molar-refractivity contribution >= 4 is 11.0 Å². The summed E-state index contributed by atoms with van der Waals surface area (Å²) in [5, 5.41) is 79.9. The number of phenols is 1. The van der Waals surface area contributed by atoms with Gasteiger partial charge in [-0.2, -0.15) is 0 Å². The number of phenolic OH excluding ortho intramolecular Hbond substituents is 1. The van der Waals surface area contributed by atoms with E-state index >= 15 is 0 Å². The fourth-order valence-electron chi connectivity index (χ4n) is 4.70. The number of hydrogen-bond acceptors (Lipinski definition) is 14. The van der Waals surface area contributed by atoms with E-state index in [0.29, 0.717) is 5.56 Å². The Kier molecular flexibility index (Phi) is 8.20. The van der Waals surface area contributed by atoms with E-state index in [4.69, 9.17) is 23.4 Å². The molecule has 0 unspecified atom stereocenters. The lowest BCUT2D eigenvalue weighted by Gasteiger charge is -2.39. The van der Waals surface area contributed by atoms with E-state index < -0.39 is 79.2 Å². The maximum Gasteiger partial charge on any atom is 0.229 e. The van der Waals surface area contributed by atoms with Gasteiger partial charge in [-0.1, -0.05) is 0 Å². The molecule has 2 aromatic carbocycles. The van der Waals surface area contributed by atoms with Crippen LogP contribution in [-0.4, -0.2) is 109 Å². The quantitative estimate of drug-likeness (QED) is 0.167. The highest BCUT2D eigenvalue weighted by molar-refractivity contribution is 5.86. The summed E-state index contributed by atoms with van der Waals surface area (Å²) >= 11 is 0. The van der Waals surface area contributed by atoms with Gasteiger partial charge in [0.15, 0.2) is 5.43 Å². The van der Waals surface area contributed by atoms with Crippen LogP contribution >= 0.6 is 0 Å². The van der Waals surface area contributed by atoms with Crippen molar-refractivity contribution in [3.8, 4) is 28.6 Å². The van der Waals surface area contributed by atoms with Crippen molar-refractivity contribution in [3.05, 3.63) is 52.7 Å². The number of hydrogen-bond donors (Lipinski definition) is 8. The zero-order valence-corrected chi connectivity index (χ0v) is 21.5. The smallest absolute Gasteiger partial charge is 0.229 e. The molecule has 5 rings (SSSR count). The van der Waals surface area contributed by atoms with Crippen LogP contribution in [0.25, 0.3) is 22.3 Å². The second kappa shape index (κ2) is 11.5. The summed E-state index contributed by atoms with van der Waals surface area (Å²) in [6.45, 7) is 0.868. The molecule has 0 spiro atoms. The molecule has 3 aromatic rings. The van der Waals surface area contributed by atoms with E-state index in [0.717, 1.165) is 6.07 Å². The lowest BCUT2D eigenvalue weighted by atomic mass is 9.99. The first-order chi connectivity index (χ1) is 19.5. The largest absolute Gasteiger partial charge is 0.507 e. The van der Waals surface area contributed by atoms with Gasteiger partial charge in [0.1, 0.15) is 76.7 Å². The second-order valence-corrected chi connectivity index (χ2v) is 9.93. The number of aliphatic hydroxyl groups excluding tert-OH is 7. The molecule has 222 valence electrons. The van der Waals surface area contributed by atoms with Gasteiger partial charge >= 0.3 is 0 Å². The van der Waals surface area contributed by atoms with Gasteiger partial charge in [0, 0.05) is 23.8 Å². The summed E-state index contributed by atoms with van der Waals surface area (Å²) in [5.41, 5.74) is -0.212. The van der Waals surface area contributed by atoms with Gasteiger partial charge in [0.2, 0.25) is 12.6 Å². The highest BCUT2D eigenvalue weighted by Crippen LogP contribution is 2.34. The van der Waals surface area contributed by atoms with Crippen LogP contribution in [0.2, 0.25) is 0 Å². The zero-order chi connectivity index (χ0) is 29.6. The van der Waals surface area contributed by atoms with Crippen molar-refractivity contribution in [1.29, 1.82) is 0 Å². The van der Waals surface area contributed by atoms with Gasteiger partial charge in [-0.15, -0.1) is 0 Å². The standard InChI is InChI=1S/C27H30O14/c1-10-20(31)22(33)24(35)26(37-10)38-12-4-2-11(3-5-12)16-8-15(30)19-14(29)6-13(7-17(19)40-16)39-27-25(36)23(34)21(32)18(9-28)41-27/h2-8,10,18,20-29,31-36H,9H2,1H3/t10-,18+,20-,21-,22+,23-,24+,25-,26+,27-/m1/s1. The highest BCUT2D eigenvalue weighted by Gasteiger charge is 2.45. The molecular weight excluding hydrogens is 548 g/mol. The summed E-state index contributed by atoms with van der Waals surface area (Å²) in [5.74, 6) is -0.223. The van der Waals surface area contributed by atoms with Gasteiger partial charge in [0.05, 0.1) is 12.7 Å². The van der Waals surface area contributed by atoms with Crippen molar-refractivity contribution in [2.24, 2.45) is 0 Å². The Morgan fingerprint density at radius 1 is 0.756 bits per heavy atom. The van der Waals surface area contributed by atoms with Crippen molar-refractivity contribution in [1.82, 2.24) is 0 Å². The van der Waals surface area contributed by atoms with Crippen LogP contribution in [0.1, 0.15) is 6.92 Å². The molecule has 0 amide bonds. The molecule has 2 fully saturated rings. The van der Waals surface area contributed by atoms with Gasteiger partial charge in [-0.3, -0.25) is 4.79 Å². The molecule has 0 saturated carbocycles. The van der Waals surface area contributed by atoms with E-state index in [1.54, 1.807) is 12.1 Å². The molecule has 3 heterocycles. The summed E-state index contributed by atoms with van der Waals surface area (Å²) in [6, 6.07) is 9.65. The van der Waals surface area contributed by atoms with Crippen LogP contribution in [0.4, 0.5) is 0 Å². The van der Waals surface area contributed by atoms with E-state index in [9.17, 15) is 45.6 Å². The van der Waals surface area contributed by atoms with Crippen LogP contribution in [-0.2, 0) is 9.47 Å². The Hall–Kier alpha value is -3.31. The predicted octanol–water partition coefficient (Wildman–Crippen LogP) is -1.45. The SMILES string of the molecule is C[C@H]1O[C@@H](Oc2ccc(-c3cc(=O)c4c(O)cc(O[C@@H]5O[C@@H](CO)[C@@H](O)[C@@H](O)[C@H]5O)cc4o3)cc2)[C@@H](O)[C@@H](O)[C@@H]1O. The number of ether oxygens (including phenoxy) is 4. The predicted molar refractivity (Wildman–Crippen MR) is 137 cm³/mol. The van der Waals surface area contributed by atoms with Gasteiger partial charge in [-0.05, 0) is 31.2 Å². The first-order valence-corrected chi connectivity index (χ1v) is 12.7. The molecule has 0 aliphatic carbocycles. The molecule has 1 aromatic heterocycles. The van der Waals surface area contributed by atoms with E-state index in [2.05, 4.69) is 0 Å². The third-order valence-electron chi connectivity index (χ3n) is 7.08. The van der Waals surface area contributed by atoms with Crippen LogP contribution in [0, 0.1) is 0 Å². The van der Waals surface area contributed by atoms with E-state index in [1.807, 2.05) is 0 Å². The monoisotopic (exact) mass is 578 g/mol. The van der Waals surface area contributed by atoms with Gasteiger partial charge in [-0.25, -0.2) is 0 Å². The maximum absolute atomic E-state index is 12.8. The number of aromatic hydroxyl groups is 1. The number of aliphatic hydroxyl groups is 7. The van der Waals surface area contributed by atoms with Crippen molar-refractivity contribution in [3.63, 3.8) is 0 Å². The molecule has 2 aliphatic rings. The molecule has 10 atom stereocenters. The molecule has 14 nitrogen and oxygen atoms in total. The van der Waals surface area contributed by atoms with E-state index in [1.165, 1.54) is 31.2 Å². The van der Waals surface area contributed by atoms with Crippen LogP contribution in [0.3, 0.4) is 0 Å². The molecule has 2 aliphatic heterocycles. The summed E-state index contributed by atoms with van der Waals surface area (Å²) in [6.07, 6.45) is -13.9. The third-order valence-corrected chi connectivity index (χ3v) is 7.08. The Morgan fingerprint density at radius 3 is 2.02 bits per heavy atom. The summed E-state index contributed by atoms with van der Waals surface area (Å²) in [4.78, 5) is 12.8. The van der Waals surface area contributed by atoms with Crippen LogP contribution in [0.15, 0.2) is 51.7 Å². The number of benzene rings is 2. The zero-order valence-electron chi connectivity index (χ0n) is 21.5. The van der Waals surface area contributed by atoms with Crippen LogP contribution < -0.4 is 14.9 Å². The molecule has 0 radical (unpaired) electrons. The summed E-state index contributed by atoms with van der Waals surface area (Å²) in [7, 11) is 0. The average molecular weight is 579 g/mol. The highest BCUT2D eigenvalue weighted by atomic mass is 16.7. The van der Waals surface area contributed by atoms with Gasteiger partial charge in [0.25, 0.3) is 0 Å². The summed E-state index contributed by atoms with van der Waals surface area (Å²) < 4.78 is 27.8. The minimum Gasteiger partial charge on any atom is -0.507 e. The fourth-order valence-corrected chi connectivity index (χ4v) is 4.70. The normalized spacial score (nSPS) is 34.0. The van der Waals surface area contributed by atoms with Crippen LogP contribution in [0.5, 0.6) is 17.2 Å². The molecule has 2 saturated heterocycles. The molecule has 14 heteroatoms. The lowest BCUT2D eigenvalue weighted by Crippen LogP contribution is -2.60. The van der Waals surface area contributed by atoms with Crippen molar-refractivity contribution < 1.29 is 64.2 Å². The first kappa shape index (κ1) is 29.2. The van der Waals surface area contributed by atoms with Crippen molar-refractivity contribution in [2.75, 3.05) is 6.61 Å². The fraction of sp³-hybridized carbons (Fsp3) is 0.444. The molecule has 0 bridgehead atoms. The Labute approximate surface area is 231 Å².